The number of ether oxygens (including phenoxy) is 1. The van der Waals surface area contributed by atoms with Gasteiger partial charge in [-0.25, -0.2) is 0 Å². The molecule has 1 saturated heterocycles. The fourth-order valence-electron chi connectivity index (χ4n) is 9.18. The van der Waals surface area contributed by atoms with Gasteiger partial charge in [0.2, 0.25) is 0 Å². The number of alkyl halides is 1. The largest absolute Gasteiger partial charge is 0.391 e. The van der Waals surface area contributed by atoms with Crippen LogP contribution >= 0.6 is 11.6 Å². The summed E-state index contributed by atoms with van der Waals surface area (Å²) < 4.78 is 5.58. The first-order valence-corrected chi connectivity index (χ1v) is 13.0. The number of aliphatic hydroxyl groups excluding tert-OH is 1. The molecule has 4 nitrogen and oxygen atoms in total. The number of hydrogen-bond donors (Lipinski definition) is 1. The Kier molecular flexibility index (Phi) is 5.78. The van der Waals surface area contributed by atoms with Gasteiger partial charge in [-0.1, -0.05) is 13.8 Å². The van der Waals surface area contributed by atoms with Crippen molar-refractivity contribution in [3.8, 4) is 0 Å². The summed E-state index contributed by atoms with van der Waals surface area (Å²) in [6.45, 7) is 8.48. The maximum absolute atomic E-state index is 12.6. The van der Waals surface area contributed by atoms with Gasteiger partial charge in [0.05, 0.1) is 25.2 Å². The van der Waals surface area contributed by atoms with E-state index in [-0.39, 0.29) is 35.1 Å². The minimum atomic E-state index is -0.191. The van der Waals surface area contributed by atoms with Gasteiger partial charge in [0.25, 0.3) is 0 Å². The Morgan fingerprint density at radius 1 is 1.07 bits per heavy atom. The van der Waals surface area contributed by atoms with E-state index in [1.807, 2.05) is 0 Å². The minimum absolute atomic E-state index is 0.161. The van der Waals surface area contributed by atoms with Crippen molar-refractivity contribution < 1.29 is 14.6 Å². The Morgan fingerprint density at radius 2 is 1.80 bits per heavy atom. The average Bonchev–Trinajstić information content (AvgIpc) is 3.11. The number of halogens is 1. The van der Waals surface area contributed by atoms with Crippen LogP contribution in [0.2, 0.25) is 0 Å². The number of morpholine rings is 1. The summed E-state index contributed by atoms with van der Waals surface area (Å²) >= 11 is 5.99. The lowest BCUT2D eigenvalue weighted by atomic mass is 9.44. The molecule has 30 heavy (non-hydrogen) atoms. The van der Waals surface area contributed by atoms with Crippen LogP contribution < -0.4 is 0 Å². The minimum Gasteiger partial charge on any atom is -0.391 e. The third kappa shape index (κ3) is 3.23. The molecule has 0 bridgehead atoms. The molecule has 5 aliphatic rings. The van der Waals surface area contributed by atoms with Crippen molar-refractivity contribution in [3.05, 3.63) is 0 Å². The number of rotatable bonds is 3. The topological polar surface area (TPSA) is 49.8 Å². The van der Waals surface area contributed by atoms with Gasteiger partial charge in [-0.2, -0.15) is 0 Å². The first kappa shape index (κ1) is 21.7. The Hall–Kier alpha value is -0.160. The third-order valence-corrected chi connectivity index (χ3v) is 11.0. The molecular weight excluding hydrogens is 398 g/mol. The number of hydrogen-bond acceptors (Lipinski definition) is 4. The molecule has 1 aliphatic heterocycles. The zero-order chi connectivity index (χ0) is 21.1. The van der Waals surface area contributed by atoms with Crippen LogP contribution in [0.1, 0.15) is 65.2 Å². The van der Waals surface area contributed by atoms with Crippen molar-refractivity contribution in [1.82, 2.24) is 4.90 Å². The van der Waals surface area contributed by atoms with Crippen LogP contribution in [0.3, 0.4) is 0 Å². The van der Waals surface area contributed by atoms with E-state index < -0.39 is 0 Å². The van der Waals surface area contributed by atoms with Crippen LogP contribution in [0.5, 0.6) is 0 Å². The molecule has 4 saturated carbocycles. The fraction of sp³-hybridized carbons (Fsp3) is 0.960. The molecule has 170 valence electrons. The van der Waals surface area contributed by atoms with E-state index in [9.17, 15) is 9.90 Å². The number of carbonyl (C=O) groups excluding carboxylic acids is 1. The summed E-state index contributed by atoms with van der Waals surface area (Å²) in [6.07, 6.45) is 9.15. The molecule has 5 fully saturated rings. The highest BCUT2D eigenvalue weighted by Gasteiger charge is 2.62. The molecule has 5 heteroatoms. The number of nitrogens with zero attached hydrogens (tertiary/aromatic N) is 1. The van der Waals surface area contributed by atoms with E-state index in [0.29, 0.717) is 17.3 Å². The van der Waals surface area contributed by atoms with Gasteiger partial charge in [-0.05, 0) is 85.9 Å². The van der Waals surface area contributed by atoms with Gasteiger partial charge in [-0.3, -0.25) is 9.69 Å². The monoisotopic (exact) mass is 437 g/mol. The lowest BCUT2D eigenvalue weighted by Gasteiger charge is -2.62. The van der Waals surface area contributed by atoms with Crippen molar-refractivity contribution in [2.75, 3.05) is 32.2 Å². The van der Waals surface area contributed by atoms with Crippen molar-refractivity contribution in [3.63, 3.8) is 0 Å². The quantitative estimate of drug-likeness (QED) is 0.674. The predicted molar refractivity (Wildman–Crippen MR) is 119 cm³/mol. The maximum Gasteiger partial charge on any atom is 0.151 e. The Bertz CT molecular complexity index is 667. The highest BCUT2D eigenvalue weighted by Crippen LogP contribution is 2.67. The molecule has 0 amide bonds. The first-order chi connectivity index (χ1) is 14.4. The molecular formula is C25H40ClNO3. The van der Waals surface area contributed by atoms with E-state index in [4.69, 9.17) is 16.3 Å². The molecule has 4 aliphatic carbocycles. The predicted octanol–water partition coefficient (Wildman–Crippen LogP) is 4.12. The van der Waals surface area contributed by atoms with E-state index >= 15 is 0 Å². The smallest absolute Gasteiger partial charge is 0.151 e. The van der Waals surface area contributed by atoms with Gasteiger partial charge < -0.3 is 9.84 Å². The Labute approximate surface area is 187 Å². The summed E-state index contributed by atoms with van der Waals surface area (Å²) in [5.74, 6) is 3.47. The van der Waals surface area contributed by atoms with Crippen molar-refractivity contribution in [1.29, 1.82) is 0 Å². The zero-order valence-corrected chi connectivity index (χ0v) is 19.6. The summed E-state index contributed by atoms with van der Waals surface area (Å²) in [4.78, 5) is 15.1. The molecule has 9 atom stereocenters. The highest BCUT2D eigenvalue weighted by atomic mass is 35.5. The standard InChI is InChI=1S/C25H40ClNO3/c1-24-8-7-19-17(18(24)5-6-20(24)23(29)15-26)4-3-16-13-22(28)21(14-25(16,19)2)27-9-11-30-12-10-27/h16-22,28H,3-15H2,1-2H3/t16-,17-,18+,19+,20-,21-,22+,24-,25-/m0/s1. The summed E-state index contributed by atoms with van der Waals surface area (Å²) in [5.41, 5.74) is 0.481. The van der Waals surface area contributed by atoms with Crippen molar-refractivity contribution in [2.24, 2.45) is 40.4 Å². The molecule has 5 rings (SSSR count). The average molecular weight is 438 g/mol. The molecule has 0 aromatic heterocycles. The number of carbonyl (C=O) groups is 1. The number of fused-ring (bicyclic) bond motifs is 5. The van der Waals surface area contributed by atoms with E-state index in [0.717, 1.165) is 57.4 Å². The molecule has 1 N–H and O–H groups in total. The molecule has 0 radical (unpaired) electrons. The van der Waals surface area contributed by atoms with Crippen LogP contribution in [-0.2, 0) is 9.53 Å². The second-order valence-electron chi connectivity index (χ2n) is 11.7. The lowest BCUT2D eigenvalue weighted by Crippen LogP contribution is -2.60. The number of aliphatic hydroxyl groups is 1. The van der Waals surface area contributed by atoms with Crippen LogP contribution in [-0.4, -0.2) is 60.1 Å². The Morgan fingerprint density at radius 3 is 2.53 bits per heavy atom. The summed E-state index contributed by atoms with van der Waals surface area (Å²) in [5, 5.41) is 11.1. The fourth-order valence-corrected chi connectivity index (χ4v) is 9.37. The molecule has 0 unspecified atom stereocenters. The second-order valence-corrected chi connectivity index (χ2v) is 11.9. The molecule has 0 aromatic carbocycles. The van der Waals surface area contributed by atoms with E-state index in [2.05, 4.69) is 18.7 Å². The van der Waals surface area contributed by atoms with Crippen molar-refractivity contribution >= 4 is 17.4 Å². The van der Waals surface area contributed by atoms with Gasteiger partial charge in [-0.15, -0.1) is 11.6 Å². The normalized spacial score (nSPS) is 51.7. The second kappa shape index (κ2) is 8.01. The Balaban J connectivity index is 1.39. The third-order valence-electron chi connectivity index (χ3n) is 10.7. The molecule has 1 heterocycles. The number of ketones is 1. The summed E-state index contributed by atoms with van der Waals surface area (Å²) in [6, 6.07) is 0.288. The highest BCUT2D eigenvalue weighted by molar-refractivity contribution is 6.28. The zero-order valence-electron chi connectivity index (χ0n) is 18.8. The lowest BCUT2D eigenvalue weighted by molar-refractivity contribution is -0.156. The summed E-state index contributed by atoms with van der Waals surface area (Å²) in [7, 11) is 0. The van der Waals surface area contributed by atoms with Crippen LogP contribution in [0.15, 0.2) is 0 Å². The van der Waals surface area contributed by atoms with Crippen LogP contribution in [0.25, 0.3) is 0 Å². The number of Topliss-reactive ketones (excluding diaryl/α,β-unsaturated/α-hetero) is 1. The van der Waals surface area contributed by atoms with Crippen LogP contribution in [0, 0.1) is 40.4 Å². The van der Waals surface area contributed by atoms with Gasteiger partial charge in [0.15, 0.2) is 5.78 Å². The van der Waals surface area contributed by atoms with E-state index in [1.165, 1.54) is 32.1 Å². The first-order valence-electron chi connectivity index (χ1n) is 12.5. The van der Waals surface area contributed by atoms with Crippen molar-refractivity contribution in [2.45, 2.75) is 77.4 Å². The molecule has 0 aromatic rings. The maximum atomic E-state index is 12.6. The van der Waals surface area contributed by atoms with Crippen LogP contribution in [0.4, 0.5) is 0 Å². The van der Waals surface area contributed by atoms with E-state index in [1.54, 1.807) is 0 Å². The molecule has 0 spiro atoms. The van der Waals surface area contributed by atoms with Gasteiger partial charge in [0.1, 0.15) is 0 Å². The van der Waals surface area contributed by atoms with Gasteiger partial charge in [0, 0.05) is 25.0 Å². The SMILES string of the molecule is C[C@]12C[C@H](N3CCOCC3)[C@H](O)C[C@@H]1CC[C@@H]1[C@H]2CC[C@@]2(C)[C@@H]1CC[C@H]2C(=O)CCl. The van der Waals surface area contributed by atoms with Gasteiger partial charge >= 0.3 is 0 Å².